The van der Waals surface area contributed by atoms with Gasteiger partial charge in [0, 0.05) is 25.3 Å². The summed E-state index contributed by atoms with van der Waals surface area (Å²) in [6, 6.07) is 5.01. The Morgan fingerprint density at radius 1 is 1.60 bits per heavy atom. The fraction of sp³-hybridized carbons (Fsp3) is 0.500. The number of nitrogens with one attached hydrogen (secondary N) is 1. The summed E-state index contributed by atoms with van der Waals surface area (Å²) in [5.41, 5.74) is 6.68. The molecule has 6 nitrogen and oxygen atoms in total. The molecule has 1 fully saturated rings. The smallest absolute Gasteiger partial charge is 0.255 e. The number of nitrogens with zero attached hydrogens (tertiary/aromatic N) is 1. The largest absolute Gasteiger partial charge is 0.496 e. The average Bonchev–Trinajstić information content (AvgIpc) is 2.45. The van der Waals surface area contributed by atoms with Gasteiger partial charge in [-0.25, -0.2) is 0 Å². The Morgan fingerprint density at radius 2 is 2.40 bits per heavy atom. The lowest BCUT2D eigenvalue weighted by molar-refractivity contribution is -0.0175. The number of nitrogens with two attached hydrogens (primary N) is 1. The van der Waals surface area contributed by atoms with Crippen molar-refractivity contribution in [3.63, 3.8) is 0 Å². The molecule has 0 bridgehead atoms. The second kappa shape index (κ2) is 6.58. The summed E-state index contributed by atoms with van der Waals surface area (Å²) in [5.74, 6) is 0.310. The Hall–Kier alpha value is -1.79. The number of rotatable bonds is 4. The highest BCUT2D eigenvalue weighted by Crippen LogP contribution is 2.20. The Kier molecular flexibility index (Phi) is 4.81. The van der Waals surface area contributed by atoms with E-state index in [-0.39, 0.29) is 12.0 Å². The monoisotopic (exact) mass is 279 g/mol. The van der Waals surface area contributed by atoms with Crippen molar-refractivity contribution in [3.05, 3.63) is 23.8 Å². The molecule has 6 heteroatoms. The molecule has 1 heterocycles. The molecule has 0 aromatic heterocycles. The molecular weight excluding hydrogens is 258 g/mol. The van der Waals surface area contributed by atoms with Crippen LogP contribution in [0.3, 0.4) is 0 Å². The van der Waals surface area contributed by atoms with Gasteiger partial charge in [0.1, 0.15) is 5.75 Å². The lowest BCUT2D eigenvalue weighted by atomic mass is 10.1. The summed E-state index contributed by atoms with van der Waals surface area (Å²) in [4.78, 5) is 14.4. The Morgan fingerprint density at radius 3 is 3.10 bits per heavy atom. The molecule has 1 atom stereocenters. The van der Waals surface area contributed by atoms with Crippen LogP contribution in [-0.2, 0) is 4.74 Å². The van der Waals surface area contributed by atoms with Crippen molar-refractivity contribution >= 4 is 11.6 Å². The van der Waals surface area contributed by atoms with Gasteiger partial charge in [0.05, 0.1) is 25.4 Å². The minimum atomic E-state index is -0.203. The number of carbonyl (C=O) groups is 1. The first-order valence-corrected chi connectivity index (χ1v) is 6.62. The van der Waals surface area contributed by atoms with Crippen LogP contribution in [0.25, 0.3) is 0 Å². The van der Waals surface area contributed by atoms with E-state index in [2.05, 4.69) is 10.2 Å². The van der Waals surface area contributed by atoms with Crippen molar-refractivity contribution in [2.45, 2.75) is 6.10 Å². The number of ether oxygens (including phenoxy) is 2. The molecule has 1 saturated heterocycles. The van der Waals surface area contributed by atoms with Crippen LogP contribution < -0.4 is 15.8 Å². The molecule has 1 aliphatic rings. The third kappa shape index (κ3) is 3.61. The maximum Gasteiger partial charge on any atom is 0.255 e. The van der Waals surface area contributed by atoms with Crippen LogP contribution >= 0.6 is 0 Å². The number of nitrogen functional groups attached to an aromatic ring is 1. The quantitative estimate of drug-likeness (QED) is 0.777. The third-order valence-corrected chi connectivity index (χ3v) is 3.30. The molecule has 1 aromatic carbocycles. The minimum Gasteiger partial charge on any atom is -0.496 e. The molecule has 20 heavy (non-hydrogen) atoms. The molecule has 2 rings (SSSR count). The number of benzene rings is 1. The highest BCUT2D eigenvalue weighted by atomic mass is 16.5. The van der Waals surface area contributed by atoms with E-state index < -0.39 is 0 Å². The third-order valence-electron chi connectivity index (χ3n) is 3.30. The summed E-state index contributed by atoms with van der Waals surface area (Å²) in [6.07, 6.45) is 0.0183. The van der Waals surface area contributed by atoms with Gasteiger partial charge in [0.2, 0.25) is 0 Å². The first-order chi connectivity index (χ1) is 9.60. The van der Waals surface area contributed by atoms with Crippen molar-refractivity contribution in [2.75, 3.05) is 46.1 Å². The lowest BCUT2D eigenvalue weighted by Gasteiger charge is -2.30. The molecule has 0 aliphatic carbocycles. The van der Waals surface area contributed by atoms with Crippen LogP contribution in [0, 0.1) is 0 Å². The summed E-state index contributed by atoms with van der Waals surface area (Å²) in [6.45, 7) is 2.90. The Balaban J connectivity index is 1.96. The molecule has 1 aromatic rings. The van der Waals surface area contributed by atoms with Crippen molar-refractivity contribution in [1.29, 1.82) is 0 Å². The second-order valence-electron chi connectivity index (χ2n) is 4.92. The van der Waals surface area contributed by atoms with Gasteiger partial charge in [0.15, 0.2) is 0 Å². The van der Waals surface area contributed by atoms with Gasteiger partial charge in [0.25, 0.3) is 5.91 Å². The van der Waals surface area contributed by atoms with Crippen molar-refractivity contribution in [3.8, 4) is 5.75 Å². The highest BCUT2D eigenvalue weighted by molar-refractivity contribution is 5.97. The number of morpholine rings is 1. The van der Waals surface area contributed by atoms with Crippen molar-refractivity contribution in [1.82, 2.24) is 10.2 Å². The van der Waals surface area contributed by atoms with Gasteiger partial charge in [-0.1, -0.05) is 0 Å². The predicted molar refractivity (Wildman–Crippen MR) is 77.0 cm³/mol. The molecule has 1 aliphatic heterocycles. The first-order valence-electron chi connectivity index (χ1n) is 6.62. The standard InChI is InChI=1S/C14H21N3O3/c1-17-5-6-20-11(9-17)8-16-14(18)12-7-10(15)3-4-13(12)19-2/h3-4,7,11H,5-6,8-9,15H2,1-2H3,(H,16,18). The van der Waals surface area contributed by atoms with Crippen LogP contribution in [0.5, 0.6) is 5.75 Å². The zero-order valence-electron chi connectivity index (χ0n) is 11.9. The van der Waals surface area contributed by atoms with E-state index >= 15 is 0 Å². The van der Waals surface area contributed by atoms with Gasteiger partial charge in [-0.3, -0.25) is 4.79 Å². The van der Waals surface area contributed by atoms with Gasteiger partial charge >= 0.3 is 0 Å². The molecule has 110 valence electrons. The zero-order valence-corrected chi connectivity index (χ0v) is 11.9. The van der Waals surface area contributed by atoms with E-state index in [1.165, 1.54) is 7.11 Å². The Bertz CT molecular complexity index is 479. The second-order valence-corrected chi connectivity index (χ2v) is 4.92. The fourth-order valence-electron chi connectivity index (χ4n) is 2.20. The summed E-state index contributed by atoms with van der Waals surface area (Å²) in [5, 5.41) is 2.86. The number of hydrogen-bond acceptors (Lipinski definition) is 5. The van der Waals surface area contributed by atoms with E-state index in [1.807, 2.05) is 7.05 Å². The number of hydrogen-bond donors (Lipinski definition) is 2. The molecule has 0 radical (unpaired) electrons. The summed E-state index contributed by atoms with van der Waals surface area (Å²) in [7, 11) is 3.57. The number of methoxy groups -OCH3 is 1. The van der Waals surface area contributed by atoms with Crippen molar-refractivity contribution < 1.29 is 14.3 Å². The molecule has 0 saturated carbocycles. The van der Waals surface area contributed by atoms with Gasteiger partial charge in [-0.05, 0) is 25.2 Å². The first kappa shape index (κ1) is 14.6. The Labute approximate surface area is 118 Å². The number of likely N-dealkylation sites (N-methyl/N-ethyl adjacent to an activating group) is 1. The van der Waals surface area contributed by atoms with E-state index in [0.29, 0.717) is 30.2 Å². The number of carbonyl (C=O) groups excluding carboxylic acids is 1. The molecule has 1 amide bonds. The van der Waals surface area contributed by atoms with E-state index in [0.717, 1.165) is 13.1 Å². The van der Waals surface area contributed by atoms with Crippen LogP contribution in [-0.4, -0.2) is 57.3 Å². The normalized spacial score (nSPS) is 19.6. The maximum atomic E-state index is 12.2. The predicted octanol–water partition coefficient (Wildman–Crippen LogP) is 0.338. The number of anilines is 1. The summed E-state index contributed by atoms with van der Waals surface area (Å²) < 4.78 is 10.8. The van der Waals surface area contributed by atoms with Gasteiger partial charge in [-0.2, -0.15) is 0 Å². The number of amides is 1. The van der Waals surface area contributed by atoms with Crippen LogP contribution in [0.1, 0.15) is 10.4 Å². The van der Waals surface area contributed by atoms with Crippen LogP contribution in [0.4, 0.5) is 5.69 Å². The lowest BCUT2D eigenvalue weighted by Crippen LogP contribution is -2.45. The highest BCUT2D eigenvalue weighted by Gasteiger charge is 2.19. The summed E-state index contributed by atoms with van der Waals surface area (Å²) >= 11 is 0. The van der Waals surface area contributed by atoms with E-state index in [9.17, 15) is 4.79 Å². The van der Waals surface area contributed by atoms with Gasteiger partial charge in [-0.15, -0.1) is 0 Å². The SMILES string of the molecule is COc1ccc(N)cc1C(=O)NCC1CN(C)CCO1. The fourth-order valence-corrected chi connectivity index (χ4v) is 2.20. The van der Waals surface area contributed by atoms with Crippen LogP contribution in [0.2, 0.25) is 0 Å². The average molecular weight is 279 g/mol. The van der Waals surface area contributed by atoms with E-state index in [4.69, 9.17) is 15.2 Å². The van der Waals surface area contributed by atoms with Crippen molar-refractivity contribution in [2.24, 2.45) is 0 Å². The van der Waals surface area contributed by atoms with E-state index in [1.54, 1.807) is 18.2 Å². The minimum absolute atomic E-state index is 0.0183. The topological polar surface area (TPSA) is 76.8 Å². The molecule has 1 unspecified atom stereocenters. The zero-order chi connectivity index (χ0) is 14.5. The maximum absolute atomic E-state index is 12.2. The van der Waals surface area contributed by atoms with Gasteiger partial charge < -0.3 is 25.4 Å². The molecule has 3 N–H and O–H groups in total. The molecule has 0 spiro atoms. The molecular formula is C14H21N3O3. The van der Waals surface area contributed by atoms with Crippen LogP contribution in [0.15, 0.2) is 18.2 Å².